The highest BCUT2D eigenvalue weighted by molar-refractivity contribution is 7.84. The normalized spacial score (nSPS) is 15.8. The van der Waals surface area contributed by atoms with E-state index in [0.717, 1.165) is 6.54 Å². The van der Waals surface area contributed by atoms with E-state index in [9.17, 15) is 4.21 Å². The van der Waals surface area contributed by atoms with Gasteiger partial charge in [0.25, 0.3) is 0 Å². The van der Waals surface area contributed by atoms with Crippen LogP contribution in [0.2, 0.25) is 0 Å². The average Bonchev–Trinajstić information content (AvgIpc) is 2.61. The monoisotopic (exact) mass is 274 g/mol. The minimum atomic E-state index is -0.737. The van der Waals surface area contributed by atoms with Crippen molar-refractivity contribution in [2.75, 3.05) is 12.0 Å². The Balaban J connectivity index is 2.48. The molecular formula is C12H22N2OS2. The molecule has 0 radical (unpaired) electrons. The van der Waals surface area contributed by atoms with Crippen LogP contribution in [0.4, 0.5) is 0 Å². The molecule has 0 bridgehead atoms. The van der Waals surface area contributed by atoms with E-state index in [1.165, 1.54) is 9.88 Å². The van der Waals surface area contributed by atoms with Crippen LogP contribution in [0, 0.1) is 0 Å². The van der Waals surface area contributed by atoms with Gasteiger partial charge in [0.05, 0.1) is 5.01 Å². The van der Waals surface area contributed by atoms with Gasteiger partial charge in [-0.25, -0.2) is 4.98 Å². The Morgan fingerprint density at radius 1 is 1.53 bits per heavy atom. The number of nitrogens with zero attached hydrogens (tertiary/aromatic N) is 1. The Morgan fingerprint density at radius 2 is 2.18 bits per heavy atom. The zero-order chi connectivity index (χ0) is 13.1. The Hall–Kier alpha value is -0.260. The van der Waals surface area contributed by atoms with E-state index in [1.54, 1.807) is 17.6 Å². The molecule has 3 nitrogen and oxygen atoms in total. The number of aromatic nitrogens is 1. The predicted molar refractivity (Wildman–Crippen MR) is 76.0 cm³/mol. The number of thiazole rings is 1. The Morgan fingerprint density at radius 3 is 2.65 bits per heavy atom. The largest absolute Gasteiger partial charge is 0.308 e. The first-order valence-electron chi connectivity index (χ1n) is 5.77. The average molecular weight is 274 g/mol. The maximum atomic E-state index is 11.1. The molecular weight excluding hydrogens is 252 g/mol. The summed E-state index contributed by atoms with van der Waals surface area (Å²) >= 11 is 1.75. The quantitative estimate of drug-likeness (QED) is 0.896. The Labute approximate surface area is 111 Å². The highest BCUT2D eigenvalue weighted by Crippen LogP contribution is 2.26. The van der Waals surface area contributed by atoms with Crippen molar-refractivity contribution in [3.63, 3.8) is 0 Å². The zero-order valence-electron chi connectivity index (χ0n) is 11.2. The van der Waals surface area contributed by atoms with Gasteiger partial charge in [-0.05, 0) is 6.92 Å². The SMILES string of the molecule is CC(CS(C)=O)NCc1cnc(C(C)(C)C)s1. The lowest BCUT2D eigenvalue weighted by atomic mass is 9.98. The van der Waals surface area contributed by atoms with Gasteiger partial charge in [0.2, 0.25) is 0 Å². The minimum absolute atomic E-state index is 0.124. The third-order valence-corrected chi connectivity index (χ3v) is 4.70. The molecule has 0 spiro atoms. The molecule has 0 aromatic carbocycles. The van der Waals surface area contributed by atoms with Crippen LogP contribution in [-0.2, 0) is 22.8 Å². The van der Waals surface area contributed by atoms with Crippen molar-refractivity contribution < 1.29 is 4.21 Å². The van der Waals surface area contributed by atoms with Crippen LogP contribution in [0.1, 0.15) is 37.6 Å². The van der Waals surface area contributed by atoms with E-state index < -0.39 is 10.8 Å². The maximum Gasteiger partial charge on any atom is 0.0981 e. The molecule has 0 amide bonds. The molecule has 0 saturated heterocycles. The summed E-state index contributed by atoms with van der Waals surface area (Å²) < 4.78 is 11.1. The van der Waals surface area contributed by atoms with Crippen LogP contribution in [0.15, 0.2) is 6.20 Å². The number of hydrogen-bond acceptors (Lipinski definition) is 4. The van der Waals surface area contributed by atoms with Gasteiger partial charge >= 0.3 is 0 Å². The second kappa shape index (κ2) is 6.07. The molecule has 0 fully saturated rings. The summed E-state index contributed by atoms with van der Waals surface area (Å²) in [5.41, 5.74) is 0.124. The fourth-order valence-corrected chi connectivity index (χ4v) is 3.16. The van der Waals surface area contributed by atoms with Crippen molar-refractivity contribution in [3.8, 4) is 0 Å². The van der Waals surface area contributed by atoms with Crippen LogP contribution < -0.4 is 5.32 Å². The third kappa shape index (κ3) is 5.27. The molecule has 0 saturated carbocycles. The maximum absolute atomic E-state index is 11.1. The van der Waals surface area contributed by atoms with Crippen LogP contribution in [-0.4, -0.2) is 27.2 Å². The zero-order valence-corrected chi connectivity index (χ0v) is 12.9. The molecule has 5 heteroatoms. The van der Waals surface area contributed by atoms with Crippen LogP contribution in [0.3, 0.4) is 0 Å². The fourth-order valence-electron chi connectivity index (χ4n) is 1.42. The Kier molecular flexibility index (Phi) is 5.28. The summed E-state index contributed by atoms with van der Waals surface area (Å²) in [4.78, 5) is 5.68. The van der Waals surface area contributed by atoms with E-state index in [2.05, 4.69) is 38.0 Å². The molecule has 0 aliphatic heterocycles. The lowest BCUT2D eigenvalue weighted by Gasteiger charge is -2.13. The predicted octanol–water partition coefficient (Wildman–Crippen LogP) is 2.30. The highest BCUT2D eigenvalue weighted by Gasteiger charge is 2.18. The van der Waals surface area contributed by atoms with Crippen LogP contribution >= 0.6 is 11.3 Å². The standard InChI is InChI=1S/C12H22N2OS2/c1-9(8-17(5)15)13-6-10-7-14-11(16-10)12(2,3)4/h7,9,13H,6,8H2,1-5H3. The lowest BCUT2D eigenvalue weighted by Crippen LogP contribution is -2.30. The van der Waals surface area contributed by atoms with Gasteiger partial charge < -0.3 is 5.32 Å². The summed E-state index contributed by atoms with van der Waals surface area (Å²) in [6.45, 7) is 9.39. The topological polar surface area (TPSA) is 42.0 Å². The first-order chi connectivity index (χ1) is 7.79. The molecule has 1 N–H and O–H groups in total. The van der Waals surface area contributed by atoms with Crippen LogP contribution in [0.25, 0.3) is 0 Å². The van der Waals surface area contributed by atoms with E-state index in [-0.39, 0.29) is 11.5 Å². The van der Waals surface area contributed by atoms with Gasteiger partial charge in [-0.2, -0.15) is 0 Å². The molecule has 2 atom stereocenters. The van der Waals surface area contributed by atoms with Crippen molar-refractivity contribution in [1.29, 1.82) is 0 Å². The second-order valence-corrected chi connectivity index (χ2v) is 8.00. The van der Waals surface area contributed by atoms with Crippen LogP contribution in [0.5, 0.6) is 0 Å². The summed E-state index contributed by atoms with van der Waals surface area (Å²) in [5.74, 6) is 0.699. The third-order valence-electron chi connectivity index (χ3n) is 2.30. The highest BCUT2D eigenvalue weighted by atomic mass is 32.2. The van der Waals surface area contributed by atoms with Crippen molar-refractivity contribution in [1.82, 2.24) is 10.3 Å². The summed E-state index contributed by atoms with van der Waals surface area (Å²) in [6, 6.07) is 0.279. The van der Waals surface area contributed by atoms with Gasteiger partial charge in [0.1, 0.15) is 0 Å². The van der Waals surface area contributed by atoms with Crippen molar-refractivity contribution >= 4 is 22.1 Å². The van der Waals surface area contributed by atoms with E-state index in [0.29, 0.717) is 5.75 Å². The number of hydrogen-bond donors (Lipinski definition) is 1. The molecule has 2 unspecified atom stereocenters. The van der Waals surface area contributed by atoms with Gasteiger partial charge in [-0.1, -0.05) is 20.8 Å². The minimum Gasteiger partial charge on any atom is -0.308 e. The van der Waals surface area contributed by atoms with E-state index >= 15 is 0 Å². The molecule has 1 aromatic heterocycles. The second-order valence-electron chi connectivity index (χ2n) is 5.40. The molecule has 17 heavy (non-hydrogen) atoms. The van der Waals surface area contributed by atoms with Gasteiger partial charge in [0, 0.05) is 51.9 Å². The molecule has 98 valence electrons. The van der Waals surface area contributed by atoms with Gasteiger partial charge in [0.15, 0.2) is 0 Å². The first-order valence-corrected chi connectivity index (χ1v) is 8.32. The molecule has 0 aliphatic rings. The smallest absolute Gasteiger partial charge is 0.0981 e. The lowest BCUT2D eigenvalue weighted by molar-refractivity contribution is 0.585. The summed E-state index contributed by atoms with van der Waals surface area (Å²) in [5, 5.41) is 4.54. The molecule has 1 heterocycles. The van der Waals surface area contributed by atoms with Crippen molar-refractivity contribution in [3.05, 3.63) is 16.1 Å². The fraction of sp³-hybridized carbons (Fsp3) is 0.750. The Bertz CT molecular complexity index is 382. The molecule has 0 aliphatic carbocycles. The number of nitrogens with one attached hydrogen (secondary N) is 1. The first kappa shape index (κ1) is 14.8. The molecule has 1 rings (SSSR count). The van der Waals surface area contributed by atoms with Crippen molar-refractivity contribution in [2.24, 2.45) is 0 Å². The van der Waals surface area contributed by atoms with Gasteiger partial charge in [-0.15, -0.1) is 11.3 Å². The number of rotatable bonds is 5. The summed E-state index contributed by atoms with van der Waals surface area (Å²) in [7, 11) is -0.737. The van der Waals surface area contributed by atoms with Gasteiger partial charge in [-0.3, -0.25) is 4.21 Å². The molecule has 1 aromatic rings. The van der Waals surface area contributed by atoms with Crippen molar-refractivity contribution in [2.45, 2.75) is 45.7 Å². The van der Waals surface area contributed by atoms with E-state index in [4.69, 9.17) is 0 Å². The summed E-state index contributed by atoms with van der Waals surface area (Å²) in [6.07, 6.45) is 3.68. The van der Waals surface area contributed by atoms with E-state index in [1.807, 2.05) is 6.20 Å².